The van der Waals surface area contributed by atoms with E-state index < -0.39 is 0 Å². The molecule has 0 N–H and O–H groups in total. The molecule has 4 nitrogen and oxygen atoms in total. The fourth-order valence-corrected chi connectivity index (χ4v) is 1.35. The highest BCUT2D eigenvalue weighted by Crippen LogP contribution is 2.11. The Morgan fingerprint density at radius 3 is 2.88 bits per heavy atom. The normalized spacial score (nSPS) is 10.2. The predicted molar refractivity (Wildman–Crippen MR) is 60.3 cm³/mol. The van der Waals surface area contributed by atoms with E-state index in [0.717, 1.165) is 11.3 Å². The van der Waals surface area contributed by atoms with Crippen LogP contribution < -0.4 is 0 Å². The molecule has 1 heterocycles. The Balaban J connectivity index is 2.40. The molecule has 0 spiro atoms. The zero-order valence-electron chi connectivity index (χ0n) is 9.33. The van der Waals surface area contributed by atoms with Crippen LogP contribution in [0.5, 0.6) is 0 Å². The number of halogens is 1. The third kappa shape index (κ3) is 4.16. The van der Waals surface area contributed by atoms with Gasteiger partial charge in [-0.2, -0.15) is 0 Å². The van der Waals surface area contributed by atoms with Crippen LogP contribution in [0.4, 0.5) is 0 Å². The van der Waals surface area contributed by atoms with Gasteiger partial charge >= 0.3 is 5.97 Å². The van der Waals surface area contributed by atoms with Crippen molar-refractivity contribution in [2.24, 2.45) is 0 Å². The van der Waals surface area contributed by atoms with E-state index in [-0.39, 0.29) is 12.6 Å². The highest BCUT2D eigenvalue weighted by atomic mass is 35.5. The summed E-state index contributed by atoms with van der Waals surface area (Å²) in [6.07, 6.45) is 0. The van der Waals surface area contributed by atoms with Gasteiger partial charge in [0, 0.05) is 5.69 Å². The molecule has 0 aliphatic heterocycles. The average Bonchev–Trinajstić information content (AvgIpc) is 2.22. The minimum Gasteiger partial charge on any atom is -0.464 e. The maximum Gasteiger partial charge on any atom is 0.332 e. The van der Waals surface area contributed by atoms with Crippen molar-refractivity contribution in [1.29, 1.82) is 0 Å². The lowest BCUT2D eigenvalue weighted by Gasteiger charge is -2.06. The highest BCUT2D eigenvalue weighted by Gasteiger charge is 2.04. The molecular formula is C11H14ClNO3. The largest absolute Gasteiger partial charge is 0.464 e. The van der Waals surface area contributed by atoms with E-state index in [2.05, 4.69) is 4.98 Å². The molecule has 88 valence electrons. The van der Waals surface area contributed by atoms with E-state index >= 15 is 0 Å². The van der Waals surface area contributed by atoms with E-state index in [1.165, 1.54) is 0 Å². The number of ether oxygens (including phenoxy) is 2. The smallest absolute Gasteiger partial charge is 0.332 e. The molecule has 1 rings (SSSR count). The number of esters is 1. The molecule has 0 unspecified atom stereocenters. The molecule has 0 saturated carbocycles. The van der Waals surface area contributed by atoms with E-state index in [1.807, 2.05) is 13.0 Å². The number of carbonyl (C=O) groups is 1. The molecule has 1 aromatic rings. The summed E-state index contributed by atoms with van der Waals surface area (Å²) < 4.78 is 9.93. The lowest BCUT2D eigenvalue weighted by molar-refractivity contribution is -0.148. The fraction of sp³-hybridized carbons (Fsp3) is 0.455. The number of rotatable bonds is 5. The summed E-state index contributed by atoms with van der Waals surface area (Å²) in [5.41, 5.74) is 1.71. The average molecular weight is 244 g/mol. The van der Waals surface area contributed by atoms with Crippen LogP contribution in [0.1, 0.15) is 18.2 Å². The summed E-state index contributed by atoms with van der Waals surface area (Å²) in [7, 11) is 0. The van der Waals surface area contributed by atoms with E-state index in [9.17, 15) is 4.79 Å². The van der Waals surface area contributed by atoms with Gasteiger partial charge in [-0.05, 0) is 25.5 Å². The van der Waals surface area contributed by atoms with Crippen LogP contribution in [0.25, 0.3) is 0 Å². The zero-order chi connectivity index (χ0) is 12.0. The lowest BCUT2D eigenvalue weighted by atomic mass is 10.2. The van der Waals surface area contributed by atoms with Crippen LogP contribution in [-0.4, -0.2) is 24.2 Å². The molecule has 5 heteroatoms. The Morgan fingerprint density at radius 1 is 1.50 bits per heavy atom. The second-order valence-corrected chi connectivity index (χ2v) is 3.56. The monoisotopic (exact) mass is 243 g/mol. The first kappa shape index (κ1) is 12.9. The summed E-state index contributed by atoms with van der Waals surface area (Å²) in [4.78, 5) is 15.1. The van der Waals surface area contributed by atoms with Gasteiger partial charge in [-0.3, -0.25) is 0 Å². The van der Waals surface area contributed by atoms with Crippen molar-refractivity contribution >= 4 is 17.6 Å². The van der Waals surface area contributed by atoms with Gasteiger partial charge in [0.25, 0.3) is 0 Å². The minimum absolute atomic E-state index is 0.0457. The highest BCUT2D eigenvalue weighted by molar-refractivity contribution is 6.29. The molecule has 0 saturated heterocycles. The summed E-state index contributed by atoms with van der Waals surface area (Å²) >= 11 is 5.72. The van der Waals surface area contributed by atoms with Crippen molar-refractivity contribution in [2.75, 3.05) is 13.2 Å². The third-order valence-electron chi connectivity index (χ3n) is 1.94. The zero-order valence-corrected chi connectivity index (χ0v) is 10.1. The number of aromatic nitrogens is 1. The molecule has 0 fully saturated rings. The van der Waals surface area contributed by atoms with Crippen LogP contribution in [0.15, 0.2) is 12.1 Å². The first-order valence-electron chi connectivity index (χ1n) is 4.99. The molecule has 0 amide bonds. The molecule has 0 aromatic carbocycles. The quantitative estimate of drug-likeness (QED) is 0.587. The van der Waals surface area contributed by atoms with Crippen LogP contribution in [0.3, 0.4) is 0 Å². The molecular weight excluding hydrogens is 230 g/mol. The van der Waals surface area contributed by atoms with Crippen LogP contribution in [0.2, 0.25) is 5.15 Å². The Kier molecular flexibility index (Phi) is 5.22. The molecule has 0 aliphatic carbocycles. The number of hydrogen-bond donors (Lipinski definition) is 0. The van der Waals surface area contributed by atoms with Crippen molar-refractivity contribution < 1.29 is 14.3 Å². The first-order valence-corrected chi connectivity index (χ1v) is 5.36. The Bertz CT molecular complexity index is 368. The third-order valence-corrected chi connectivity index (χ3v) is 2.15. The standard InChI is InChI=1S/C11H14ClNO3/c1-3-16-11(14)7-15-6-9-4-5-10(12)13-8(9)2/h4-5H,3,6-7H2,1-2H3. The van der Waals surface area contributed by atoms with Gasteiger partial charge in [-0.25, -0.2) is 9.78 Å². The van der Waals surface area contributed by atoms with E-state index in [1.54, 1.807) is 13.0 Å². The number of hydrogen-bond acceptors (Lipinski definition) is 4. The van der Waals surface area contributed by atoms with Crippen LogP contribution in [0, 0.1) is 6.92 Å². The van der Waals surface area contributed by atoms with Crippen molar-refractivity contribution in [2.45, 2.75) is 20.5 Å². The van der Waals surface area contributed by atoms with Crippen LogP contribution in [-0.2, 0) is 20.9 Å². The summed E-state index contributed by atoms with van der Waals surface area (Å²) in [6, 6.07) is 3.52. The molecule has 0 aliphatic rings. The molecule has 0 bridgehead atoms. The van der Waals surface area contributed by atoms with Crippen molar-refractivity contribution in [3.63, 3.8) is 0 Å². The molecule has 0 atom stereocenters. The lowest BCUT2D eigenvalue weighted by Crippen LogP contribution is -2.12. The second-order valence-electron chi connectivity index (χ2n) is 3.18. The van der Waals surface area contributed by atoms with Gasteiger partial charge in [-0.1, -0.05) is 17.7 Å². The first-order chi connectivity index (χ1) is 7.63. The maximum atomic E-state index is 11.0. The SMILES string of the molecule is CCOC(=O)COCc1ccc(Cl)nc1C. The van der Waals surface area contributed by atoms with Gasteiger partial charge in [0.05, 0.1) is 13.2 Å². The van der Waals surface area contributed by atoms with Gasteiger partial charge in [0.2, 0.25) is 0 Å². The summed E-state index contributed by atoms with van der Waals surface area (Å²) in [6.45, 7) is 4.24. The topological polar surface area (TPSA) is 48.4 Å². The predicted octanol–water partition coefficient (Wildman–Crippen LogP) is 2.12. The molecule has 1 aromatic heterocycles. The molecule has 0 radical (unpaired) electrons. The van der Waals surface area contributed by atoms with Crippen LogP contribution >= 0.6 is 11.6 Å². The number of nitrogens with zero attached hydrogens (tertiary/aromatic N) is 1. The van der Waals surface area contributed by atoms with E-state index in [0.29, 0.717) is 18.4 Å². The van der Waals surface area contributed by atoms with Crippen molar-refractivity contribution in [3.8, 4) is 0 Å². The maximum absolute atomic E-state index is 11.0. The van der Waals surface area contributed by atoms with Crippen molar-refractivity contribution in [3.05, 3.63) is 28.5 Å². The Hall–Kier alpha value is -1.13. The van der Waals surface area contributed by atoms with Crippen molar-refractivity contribution in [1.82, 2.24) is 4.98 Å². The molecule has 16 heavy (non-hydrogen) atoms. The Morgan fingerprint density at radius 2 is 2.25 bits per heavy atom. The van der Waals surface area contributed by atoms with Gasteiger partial charge in [-0.15, -0.1) is 0 Å². The van der Waals surface area contributed by atoms with Gasteiger partial charge < -0.3 is 9.47 Å². The summed E-state index contributed by atoms with van der Waals surface area (Å²) in [5, 5.41) is 0.451. The minimum atomic E-state index is -0.359. The number of aryl methyl sites for hydroxylation is 1. The number of carbonyl (C=O) groups excluding carboxylic acids is 1. The summed E-state index contributed by atoms with van der Waals surface area (Å²) in [5.74, 6) is -0.359. The Labute approximate surface area is 99.5 Å². The van der Waals surface area contributed by atoms with Gasteiger partial charge in [0.15, 0.2) is 0 Å². The van der Waals surface area contributed by atoms with Gasteiger partial charge in [0.1, 0.15) is 11.8 Å². The second kappa shape index (κ2) is 6.45. The number of pyridine rings is 1. The fourth-order valence-electron chi connectivity index (χ4n) is 1.16. The van der Waals surface area contributed by atoms with E-state index in [4.69, 9.17) is 21.1 Å².